The van der Waals surface area contributed by atoms with Crippen molar-refractivity contribution in [3.05, 3.63) is 0 Å². The summed E-state index contributed by atoms with van der Waals surface area (Å²) < 4.78 is 0. The van der Waals surface area contributed by atoms with Crippen LogP contribution in [0.1, 0.15) is 45.4 Å². The average molecular weight is 261 g/mol. The Bertz CT molecular complexity index is 258. The molecule has 100 valence electrons. The normalized spacial score (nSPS) is 32.0. The maximum atomic E-state index is 11.7. The number of rotatable bonds is 5. The number of nitrogens with two attached hydrogens (primary N) is 1. The Balaban J connectivity index is 0.00000144. The largest absolute Gasteiger partial charge is 0.356 e. The van der Waals surface area contributed by atoms with Gasteiger partial charge in [0.05, 0.1) is 0 Å². The fourth-order valence-electron chi connectivity index (χ4n) is 3.38. The van der Waals surface area contributed by atoms with Crippen LogP contribution in [0.3, 0.4) is 0 Å². The molecule has 0 aromatic heterocycles. The number of hydrogen-bond acceptors (Lipinski definition) is 2. The van der Waals surface area contributed by atoms with Crippen LogP contribution < -0.4 is 11.1 Å². The van der Waals surface area contributed by atoms with Gasteiger partial charge in [0.1, 0.15) is 0 Å². The zero-order valence-electron chi connectivity index (χ0n) is 10.7. The summed E-state index contributed by atoms with van der Waals surface area (Å²) in [7, 11) is 0. The molecule has 2 aliphatic carbocycles. The van der Waals surface area contributed by atoms with Gasteiger partial charge < -0.3 is 11.1 Å². The molecule has 17 heavy (non-hydrogen) atoms. The highest BCUT2D eigenvalue weighted by Gasteiger charge is 2.39. The van der Waals surface area contributed by atoms with Crippen LogP contribution in [0.5, 0.6) is 0 Å². The van der Waals surface area contributed by atoms with Gasteiger partial charge in [0, 0.05) is 19.0 Å². The Kier molecular flexibility index (Phi) is 5.74. The fraction of sp³-hybridized carbons (Fsp3) is 0.923. The SMILES string of the molecule is CC(N)CCNC(=O)CC1CC2CCC1C2.Cl. The summed E-state index contributed by atoms with van der Waals surface area (Å²) in [5, 5.41) is 2.98. The Morgan fingerprint density at radius 1 is 1.41 bits per heavy atom. The van der Waals surface area contributed by atoms with E-state index in [1.54, 1.807) is 0 Å². The standard InChI is InChI=1S/C13H24N2O.ClH/c1-9(14)4-5-15-13(16)8-12-7-10-2-3-11(12)6-10;/h9-12H,2-8,14H2,1H3,(H,15,16);1H. The number of carbonyl (C=O) groups excluding carboxylic acids is 1. The van der Waals surface area contributed by atoms with Crippen molar-refractivity contribution in [3.63, 3.8) is 0 Å². The summed E-state index contributed by atoms with van der Waals surface area (Å²) >= 11 is 0. The van der Waals surface area contributed by atoms with E-state index in [2.05, 4.69) is 5.32 Å². The van der Waals surface area contributed by atoms with E-state index in [0.717, 1.165) is 31.2 Å². The zero-order chi connectivity index (χ0) is 11.5. The molecule has 2 fully saturated rings. The van der Waals surface area contributed by atoms with Gasteiger partial charge in [-0.15, -0.1) is 12.4 Å². The molecule has 3 N–H and O–H groups in total. The Labute approximate surface area is 110 Å². The van der Waals surface area contributed by atoms with Crippen molar-refractivity contribution in [1.29, 1.82) is 0 Å². The van der Waals surface area contributed by atoms with Crippen molar-refractivity contribution in [2.24, 2.45) is 23.5 Å². The number of halogens is 1. The van der Waals surface area contributed by atoms with Crippen molar-refractivity contribution in [3.8, 4) is 0 Å². The average Bonchev–Trinajstić information content (AvgIpc) is 2.78. The second-order valence-corrected chi connectivity index (χ2v) is 5.75. The first-order valence-electron chi connectivity index (χ1n) is 6.67. The number of carbonyl (C=O) groups is 1. The van der Waals surface area contributed by atoms with E-state index >= 15 is 0 Å². The van der Waals surface area contributed by atoms with E-state index in [1.165, 1.54) is 25.7 Å². The highest BCUT2D eigenvalue weighted by molar-refractivity contribution is 5.85. The van der Waals surface area contributed by atoms with Gasteiger partial charge in [-0.25, -0.2) is 0 Å². The summed E-state index contributed by atoms with van der Waals surface area (Å²) in [5.41, 5.74) is 5.64. The third kappa shape index (κ3) is 4.14. The minimum absolute atomic E-state index is 0. The molecule has 0 radical (unpaired) electrons. The highest BCUT2D eigenvalue weighted by atomic mass is 35.5. The van der Waals surface area contributed by atoms with Crippen molar-refractivity contribution in [2.75, 3.05) is 6.54 Å². The lowest BCUT2D eigenvalue weighted by Crippen LogP contribution is -2.31. The van der Waals surface area contributed by atoms with Crippen LogP contribution in [0, 0.1) is 17.8 Å². The summed E-state index contributed by atoms with van der Waals surface area (Å²) in [6.45, 7) is 2.71. The fourth-order valence-corrected chi connectivity index (χ4v) is 3.38. The molecule has 0 aliphatic heterocycles. The monoisotopic (exact) mass is 260 g/mol. The summed E-state index contributed by atoms with van der Waals surface area (Å²) in [6.07, 6.45) is 7.08. The predicted molar refractivity (Wildman–Crippen MR) is 72.1 cm³/mol. The van der Waals surface area contributed by atoms with E-state index in [9.17, 15) is 4.79 Å². The van der Waals surface area contributed by atoms with Crippen LogP contribution in [-0.2, 0) is 4.79 Å². The molecule has 2 rings (SSSR count). The molecule has 0 heterocycles. The van der Waals surface area contributed by atoms with Crippen LogP contribution in [0.4, 0.5) is 0 Å². The van der Waals surface area contributed by atoms with Gasteiger partial charge in [0.15, 0.2) is 0 Å². The van der Waals surface area contributed by atoms with Gasteiger partial charge in [0.25, 0.3) is 0 Å². The van der Waals surface area contributed by atoms with Crippen molar-refractivity contribution < 1.29 is 4.79 Å². The molecule has 3 nitrogen and oxygen atoms in total. The molecular formula is C13H25ClN2O. The van der Waals surface area contributed by atoms with Gasteiger partial charge in [0.2, 0.25) is 5.91 Å². The van der Waals surface area contributed by atoms with Gasteiger partial charge >= 0.3 is 0 Å². The Morgan fingerprint density at radius 2 is 2.18 bits per heavy atom. The molecule has 4 atom stereocenters. The van der Waals surface area contributed by atoms with Gasteiger partial charge in [-0.2, -0.15) is 0 Å². The van der Waals surface area contributed by atoms with Crippen molar-refractivity contribution in [1.82, 2.24) is 5.32 Å². The highest BCUT2D eigenvalue weighted by Crippen LogP contribution is 2.49. The first-order chi connectivity index (χ1) is 7.65. The molecular weight excluding hydrogens is 236 g/mol. The summed E-state index contributed by atoms with van der Waals surface area (Å²) in [5.74, 6) is 2.70. The minimum atomic E-state index is 0. The molecule has 4 unspecified atom stereocenters. The van der Waals surface area contributed by atoms with Crippen LogP contribution in [0.25, 0.3) is 0 Å². The quantitative estimate of drug-likeness (QED) is 0.795. The van der Waals surface area contributed by atoms with Gasteiger partial charge in [-0.3, -0.25) is 4.79 Å². The smallest absolute Gasteiger partial charge is 0.220 e. The van der Waals surface area contributed by atoms with Crippen LogP contribution in [0.15, 0.2) is 0 Å². The van der Waals surface area contributed by atoms with Gasteiger partial charge in [-0.05, 0) is 50.4 Å². The molecule has 0 aromatic rings. The second kappa shape index (κ2) is 6.60. The molecule has 4 heteroatoms. The predicted octanol–water partition coefficient (Wildman–Crippen LogP) is 2.09. The molecule has 2 aliphatic rings. The summed E-state index contributed by atoms with van der Waals surface area (Å²) in [4.78, 5) is 11.7. The minimum Gasteiger partial charge on any atom is -0.356 e. The maximum absolute atomic E-state index is 11.7. The lowest BCUT2D eigenvalue weighted by Gasteiger charge is -2.21. The lowest BCUT2D eigenvalue weighted by molar-refractivity contribution is -0.122. The Hall–Kier alpha value is -0.280. The third-order valence-electron chi connectivity index (χ3n) is 4.25. The van der Waals surface area contributed by atoms with Crippen LogP contribution >= 0.6 is 12.4 Å². The number of nitrogens with one attached hydrogen (secondary N) is 1. The molecule has 2 bridgehead atoms. The maximum Gasteiger partial charge on any atom is 0.220 e. The zero-order valence-corrected chi connectivity index (χ0v) is 11.5. The number of hydrogen-bond donors (Lipinski definition) is 2. The number of fused-ring (bicyclic) bond motifs is 2. The van der Waals surface area contributed by atoms with Crippen molar-refractivity contribution >= 4 is 18.3 Å². The van der Waals surface area contributed by atoms with E-state index in [1.807, 2.05) is 6.92 Å². The molecule has 0 aromatic carbocycles. The van der Waals surface area contributed by atoms with Gasteiger partial charge in [-0.1, -0.05) is 6.42 Å². The van der Waals surface area contributed by atoms with Crippen LogP contribution in [-0.4, -0.2) is 18.5 Å². The van der Waals surface area contributed by atoms with E-state index in [0.29, 0.717) is 5.92 Å². The van der Waals surface area contributed by atoms with Crippen molar-refractivity contribution in [2.45, 2.75) is 51.5 Å². The second-order valence-electron chi connectivity index (χ2n) is 5.75. The molecule has 2 saturated carbocycles. The first-order valence-corrected chi connectivity index (χ1v) is 6.67. The summed E-state index contributed by atoms with van der Waals surface area (Å²) in [6, 6.07) is 0.183. The lowest BCUT2D eigenvalue weighted by atomic mass is 9.86. The number of amides is 1. The van der Waals surface area contributed by atoms with E-state index in [4.69, 9.17) is 5.73 Å². The Morgan fingerprint density at radius 3 is 2.71 bits per heavy atom. The van der Waals surface area contributed by atoms with E-state index in [-0.39, 0.29) is 24.4 Å². The first kappa shape index (κ1) is 14.8. The topological polar surface area (TPSA) is 55.1 Å². The molecule has 0 spiro atoms. The third-order valence-corrected chi connectivity index (χ3v) is 4.25. The van der Waals surface area contributed by atoms with Crippen LogP contribution in [0.2, 0.25) is 0 Å². The van der Waals surface area contributed by atoms with E-state index < -0.39 is 0 Å². The molecule has 1 amide bonds. The molecule has 0 saturated heterocycles.